The van der Waals surface area contributed by atoms with E-state index in [1.165, 1.54) is 12.1 Å². The molecule has 0 aliphatic rings. The molecule has 2 nitrogen and oxygen atoms in total. The molecular formula is C15H12BrFO2. The maximum absolute atomic E-state index is 13.5. The van der Waals surface area contributed by atoms with Crippen LogP contribution in [0.25, 0.3) is 0 Å². The van der Waals surface area contributed by atoms with E-state index in [0.29, 0.717) is 10.2 Å². The van der Waals surface area contributed by atoms with Crippen molar-refractivity contribution in [2.24, 2.45) is 0 Å². The Morgan fingerprint density at radius 1 is 1.16 bits per heavy atom. The average molecular weight is 323 g/mol. The number of rotatable bonds is 5. The third-order valence-electron chi connectivity index (χ3n) is 2.57. The SMILES string of the molecule is O=C(CCOc1ccccc1)c1cc(Br)ccc1F. The highest BCUT2D eigenvalue weighted by molar-refractivity contribution is 9.10. The van der Waals surface area contributed by atoms with Crippen molar-refractivity contribution in [3.8, 4) is 5.75 Å². The Morgan fingerprint density at radius 2 is 1.89 bits per heavy atom. The van der Waals surface area contributed by atoms with Gasteiger partial charge in [-0.2, -0.15) is 0 Å². The summed E-state index contributed by atoms with van der Waals surface area (Å²) in [6.45, 7) is 0.231. The molecule has 0 amide bonds. The molecule has 98 valence electrons. The molecule has 0 saturated heterocycles. The average Bonchev–Trinajstić information content (AvgIpc) is 2.42. The quantitative estimate of drug-likeness (QED) is 0.769. The molecule has 2 rings (SSSR count). The van der Waals surface area contributed by atoms with Gasteiger partial charge < -0.3 is 4.74 Å². The standard InChI is InChI=1S/C15H12BrFO2/c16-11-6-7-14(17)13(10-11)15(18)8-9-19-12-4-2-1-3-5-12/h1-7,10H,8-9H2. The number of Topliss-reactive ketones (excluding diaryl/α,β-unsaturated/α-hetero) is 1. The van der Waals surface area contributed by atoms with E-state index in [9.17, 15) is 9.18 Å². The molecule has 2 aromatic carbocycles. The molecule has 0 saturated carbocycles. The van der Waals surface area contributed by atoms with Crippen LogP contribution in [0, 0.1) is 5.82 Å². The zero-order valence-corrected chi connectivity index (χ0v) is 11.7. The molecule has 0 aliphatic heterocycles. The van der Waals surface area contributed by atoms with Gasteiger partial charge in [0, 0.05) is 10.9 Å². The molecule has 0 aliphatic carbocycles. The Morgan fingerprint density at radius 3 is 2.63 bits per heavy atom. The topological polar surface area (TPSA) is 26.3 Å². The number of ketones is 1. The van der Waals surface area contributed by atoms with Gasteiger partial charge in [0.1, 0.15) is 11.6 Å². The molecular weight excluding hydrogens is 311 g/mol. The first kappa shape index (κ1) is 13.7. The second-order valence-corrected chi connectivity index (χ2v) is 4.87. The molecule has 0 N–H and O–H groups in total. The van der Waals surface area contributed by atoms with Crippen LogP contribution in [0.15, 0.2) is 53.0 Å². The lowest BCUT2D eigenvalue weighted by Gasteiger charge is -2.06. The van der Waals surface area contributed by atoms with Gasteiger partial charge in [-0.1, -0.05) is 34.1 Å². The highest BCUT2D eigenvalue weighted by Gasteiger charge is 2.12. The summed E-state index contributed by atoms with van der Waals surface area (Å²) in [5, 5.41) is 0. The summed E-state index contributed by atoms with van der Waals surface area (Å²) in [5.74, 6) is -0.0762. The van der Waals surface area contributed by atoms with Crippen LogP contribution in [0.5, 0.6) is 5.75 Å². The predicted molar refractivity (Wildman–Crippen MR) is 75.0 cm³/mol. The smallest absolute Gasteiger partial charge is 0.169 e. The lowest BCUT2D eigenvalue weighted by Crippen LogP contribution is -2.08. The number of ether oxygens (including phenoxy) is 1. The fourth-order valence-electron chi connectivity index (χ4n) is 1.62. The minimum Gasteiger partial charge on any atom is -0.493 e. The normalized spacial score (nSPS) is 10.2. The van der Waals surface area contributed by atoms with E-state index in [1.807, 2.05) is 30.3 Å². The van der Waals surface area contributed by atoms with E-state index in [-0.39, 0.29) is 24.4 Å². The van der Waals surface area contributed by atoms with Crippen molar-refractivity contribution >= 4 is 21.7 Å². The van der Waals surface area contributed by atoms with Crippen molar-refractivity contribution in [3.63, 3.8) is 0 Å². The molecule has 0 aromatic heterocycles. The zero-order valence-electron chi connectivity index (χ0n) is 10.1. The third-order valence-corrected chi connectivity index (χ3v) is 3.06. The maximum atomic E-state index is 13.5. The van der Waals surface area contributed by atoms with Crippen LogP contribution < -0.4 is 4.74 Å². The van der Waals surface area contributed by atoms with E-state index in [2.05, 4.69) is 15.9 Å². The van der Waals surface area contributed by atoms with E-state index >= 15 is 0 Å². The molecule has 0 fully saturated rings. The van der Waals surface area contributed by atoms with Crippen molar-refractivity contribution in [2.45, 2.75) is 6.42 Å². The summed E-state index contributed by atoms with van der Waals surface area (Å²) in [6.07, 6.45) is 0.141. The molecule has 0 bridgehead atoms. The van der Waals surface area contributed by atoms with Crippen molar-refractivity contribution < 1.29 is 13.9 Å². The molecule has 2 aromatic rings. The number of benzene rings is 2. The summed E-state index contributed by atoms with van der Waals surface area (Å²) < 4.78 is 19.6. The number of carbonyl (C=O) groups is 1. The maximum Gasteiger partial charge on any atom is 0.169 e. The highest BCUT2D eigenvalue weighted by Crippen LogP contribution is 2.17. The van der Waals surface area contributed by atoms with E-state index in [1.54, 1.807) is 6.07 Å². The van der Waals surface area contributed by atoms with Crippen LogP contribution >= 0.6 is 15.9 Å². The lowest BCUT2D eigenvalue weighted by molar-refractivity contribution is 0.0958. The van der Waals surface area contributed by atoms with Crippen LogP contribution in [-0.4, -0.2) is 12.4 Å². The fourth-order valence-corrected chi connectivity index (χ4v) is 1.99. The van der Waals surface area contributed by atoms with E-state index in [0.717, 1.165) is 0 Å². The van der Waals surface area contributed by atoms with Crippen LogP contribution in [0.4, 0.5) is 4.39 Å². The van der Waals surface area contributed by atoms with Gasteiger partial charge >= 0.3 is 0 Å². The minimum atomic E-state index is -0.507. The Labute approximate surface area is 119 Å². The second kappa shape index (κ2) is 6.48. The van der Waals surface area contributed by atoms with Gasteiger partial charge in [0.05, 0.1) is 12.2 Å². The predicted octanol–water partition coefficient (Wildman–Crippen LogP) is 4.24. The van der Waals surface area contributed by atoms with E-state index in [4.69, 9.17) is 4.74 Å². The molecule has 0 atom stereocenters. The van der Waals surface area contributed by atoms with Crippen molar-refractivity contribution in [1.29, 1.82) is 0 Å². The summed E-state index contributed by atoms with van der Waals surface area (Å²) in [4.78, 5) is 11.9. The molecule has 4 heteroatoms. The lowest BCUT2D eigenvalue weighted by atomic mass is 10.1. The largest absolute Gasteiger partial charge is 0.493 e. The number of hydrogen-bond acceptors (Lipinski definition) is 2. The first-order valence-electron chi connectivity index (χ1n) is 5.83. The van der Waals surface area contributed by atoms with Crippen molar-refractivity contribution in [3.05, 3.63) is 64.4 Å². The van der Waals surface area contributed by atoms with Gasteiger partial charge in [0.25, 0.3) is 0 Å². The molecule has 19 heavy (non-hydrogen) atoms. The molecule has 0 radical (unpaired) electrons. The molecule has 0 heterocycles. The van der Waals surface area contributed by atoms with Gasteiger partial charge in [-0.05, 0) is 30.3 Å². The van der Waals surface area contributed by atoms with E-state index < -0.39 is 5.82 Å². The zero-order chi connectivity index (χ0) is 13.7. The van der Waals surface area contributed by atoms with Crippen molar-refractivity contribution in [2.75, 3.05) is 6.61 Å². The highest BCUT2D eigenvalue weighted by atomic mass is 79.9. The second-order valence-electron chi connectivity index (χ2n) is 3.96. The summed E-state index contributed by atoms with van der Waals surface area (Å²) >= 11 is 3.22. The van der Waals surface area contributed by atoms with Crippen LogP contribution in [-0.2, 0) is 0 Å². The fraction of sp³-hybridized carbons (Fsp3) is 0.133. The number of para-hydroxylation sites is 1. The third kappa shape index (κ3) is 3.89. The molecule has 0 spiro atoms. The number of halogens is 2. The Hall–Kier alpha value is -1.68. The van der Waals surface area contributed by atoms with Gasteiger partial charge in [0.2, 0.25) is 0 Å². The van der Waals surface area contributed by atoms with Crippen LogP contribution in [0.2, 0.25) is 0 Å². The van der Waals surface area contributed by atoms with Crippen LogP contribution in [0.1, 0.15) is 16.8 Å². The molecule has 0 unspecified atom stereocenters. The van der Waals surface area contributed by atoms with Gasteiger partial charge in [-0.15, -0.1) is 0 Å². The van der Waals surface area contributed by atoms with Crippen molar-refractivity contribution in [1.82, 2.24) is 0 Å². The monoisotopic (exact) mass is 322 g/mol. The Bertz CT molecular complexity index is 570. The van der Waals surface area contributed by atoms with Gasteiger partial charge in [-0.25, -0.2) is 4.39 Å². The summed E-state index contributed by atoms with van der Waals surface area (Å²) in [6, 6.07) is 13.5. The first-order valence-corrected chi connectivity index (χ1v) is 6.62. The van der Waals surface area contributed by atoms with Crippen LogP contribution in [0.3, 0.4) is 0 Å². The Kier molecular flexibility index (Phi) is 4.68. The summed E-state index contributed by atoms with van der Waals surface area (Å²) in [7, 11) is 0. The number of carbonyl (C=O) groups excluding carboxylic acids is 1. The Balaban J connectivity index is 1.93. The summed E-state index contributed by atoms with van der Waals surface area (Å²) in [5.41, 5.74) is 0.0889. The van der Waals surface area contributed by atoms with Gasteiger partial charge in [-0.3, -0.25) is 4.79 Å². The number of hydrogen-bond donors (Lipinski definition) is 0. The first-order chi connectivity index (χ1) is 9.16. The minimum absolute atomic E-state index is 0.0889. The van der Waals surface area contributed by atoms with Gasteiger partial charge in [0.15, 0.2) is 5.78 Å².